The van der Waals surface area contributed by atoms with Gasteiger partial charge in [-0.2, -0.15) is 4.98 Å². The number of sulfonamides is 1. The number of hydrogen-bond donors (Lipinski definition) is 1. The van der Waals surface area contributed by atoms with Crippen LogP contribution in [0.5, 0.6) is 5.75 Å². The topological polar surface area (TPSA) is 115 Å². The Morgan fingerprint density at radius 2 is 1.79 bits per heavy atom. The number of nitrogens with one attached hydrogen (secondary N) is 1. The van der Waals surface area contributed by atoms with Gasteiger partial charge in [-0.1, -0.05) is 17.3 Å². The van der Waals surface area contributed by atoms with Crippen LogP contribution in [0.4, 0.5) is 0 Å². The summed E-state index contributed by atoms with van der Waals surface area (Å²) in [5.74, 6) is 1.60. The summed E-state index contributed by atoms with van der Waals surface area (Å²) in [5.41, 5.74) is 1.64. The maximum atomic E-state index is 12.3. The molecule has 176 valence electrons. The number of aromatic nitrogens is 2. The SMILES string of the molecule is COc1ccc(-c2noc(CCCC(=O)NC(C)c3ccc(S(=O)(=O)N(C)C)cc3)n2)cc1. The average Bonchev–Trinajstić information content (AvgIpc) is 3.28. The van der Waals surface area contributed by atoms with E-state index in [0.29, 0.717) is 31.0 Å². The van der Waals surface area contributed by atoms with Gasteiger partial charge in [0.2, 0.25) is 27.6 Å². The fourth-order valence-electron chi connectivity index (χ4n) is 3.15. The van der Waals surface area contributed by atoms with Crippen LogP contribution in [-0.4, -0.2) is 50.0 Å². The highest BCUT2D eigenvalue weighted by atomic mass is 32.2. The van der Waals surface area contributed by atoms with Crippen LogP contribution in [0.1, 0.15) is 37.3 Å². The van der Waals surface area contributed by atoms with Crippen molar-refractivity contribution in [2.45, 2.75) is 37.1 Å². The van der Waals surface area contributed by atoms with Gasteiger partial charge < -0.3 is 14.6 Å². The summed E-state index contributed by atoms with van der Waals surface area (Å²) < 4.78 is 35.9. The van der Waals surface area contributed by atoms with Crippen LogP contribution in [0.3, 0.4) is 0 Å². The van der Waals surface area contributed by atoms with Gasteiger partial charge >= 0.3 is 0 Å². The number of methoxy groups -OCH3 is 1. The van der Waals surface area contributed by atoms with Crippen LogP contribution in [0.25, 0.3) is 11.4 Å². The number of rotatable bonds is 10. The van der Waals surface area contributed by atoms with Crippen molar-refractivity contribution in [2.24, 2.45) is 0 Å². The molecule has 1 aromatic heterocycles. The molecule has 0 spiro atoms. The number of nitrogens with zero attached hydrogens (tertiary/aromatic N) is 3. The first-order chi connectivity index (χ1) is 15.7. The Balaban J connectivity index is 1.48. The van der Waals surface area contributed by atoms with Crippen molar-refractivity contribution in [1.82, 2.24) is 19.8 Å². The standard InChI is InChI=1S/C23H28N4O5S/c1-16(17-10-14-20(15-11-17)33(29,30)27(2)3)24-21(28)6-5-7-22-25-23(26-32-22)18-8-12-19(31-4)13-9-18/h8-16H,5-7H2,1-4H3,(H,24,28). The van der Waals surface area contributed by atoms with Crippen molar-refractivity contribution < 1.29 is 22.5 Å². The van der Waals surface area contributed by atoms with E-state index in [2.05, 4.69) is 15.5 Å². The maximum absolute atomic E-state index is 12.3. The molecule has 0 radical (unpaired) electrons. The van der Waals surface area contributed by atoms with Crippen LogP contribution >= 0.6 is 0 Å². The van der Waals surface area contributed by atoms with E-state index in [-0.39, 0.29) is 16.8 Å². The van der Waals surface area contributed by atoms with E-state index in [0.717, 1.165) is 21.2 Å². The minimum atomic E-state index is -3.48. The molecule has 3 aromatic rings. The lowest BCUT2D eigenvalue weighted by molar-refractivity contribution is -0.121. The quantitative estimate of drug-likeness (QED) is 0.482. The van der Waals surface area contributed by atoms with Gasteiger partial charge in [0.25, 0.3) is 0 Å². The van der Waals surface area contributed by atoms with Crippen molar-refractivity contribution in [3.63, 3.8) is 0 Å². The Bertz CT molecular complexity index is 1170. The molecule has 10 heteroatoms. The van der Waals surface area contributed by atoms with Gasteiger partial charge in [0.15, 0.2) is 0 Å². The van der Waals surface area contributed by atoms with Crippen molar-refractivity contribution in [3.8, 4) is 17.1 Å². The molecule has 0 aliphatic heterocycles. The van der Waals surface area contributed by atoms with Crippen LogP contribution in [0.15, 0.2) is 57.9 Å². The molecular weight excluding hydrogens is 444 g/mol. The summed E-state index contributed by atoms with van der Waals surface area (Å²) in [6, 6.07) is 13.6. The minimum absolute atomic E-state index is 0.109. The molecule has 3 rings (SSSR count). The lowest BCUT2D eigenvalue weighted by Crippen LogP contribution is -2.26. The lowest BCUT2D eigenvalue weighted by atomic mass is 10.1. The molecule has 2 aromatic carbocycles. The highest BCUT2D eigenvalue weighted by Gasteiger charge is 2.18. The zero-order chi connectivity index (χ0) is 24.0. The molecule has 1 amide bonds. The Morgan fingerprint density at radius 1 is 1.12 bits per heavy atom. The molecule has 33 heavy (non-hydrogen) atoms. The van der Waals surface area contributed by atoms with Gasteiger partial charge in [0.05, 0.1) is 18.0 Å². The highest BCUT2D eigenvalue weighted by molar-refractivity contribution is 7.89. The zero-order valence-corrected chi connectivity index (χ0v) is 19.9. The van der Waals surface area contributed by atoms with Crippen LogP contribution < -0.4 is 10.1 Å². The number of benzene rings is 2. The molecule has 1 heterocycles. The number of ether oxygens (including phenoxy) is 1. The summed E-state index contributed by atoms with van der Waals surface area (Å²) in [6.07, 6.45) is 1.35. The minimum Gasteiger partial charge on any atom is -0.497 e. The van der Waals surface area contributed by atoms with Crippen LogP contribution in [0.2, 0.25) is 0 Å². The summed E-state index contributed by atoms with van der Waals surface area (Å²) in [4.78, 5) is 16.9. The first kappa shape index (κ1) is 24.4. The third-order valence-corrected chi connectivity index (χ3v) is 6.98. The molecule has 1 atom stereocenters. The van der Waals surface area contributed by atoms with Crippen LogP contribution in [0, 0.1) is 0 Å². The Hall–Kier alpha value is -3.24. The summed E-state index contributed by atoms with van der Waals surface area (Å²) >= 11 is 0. The van der Waals surface area contributed by atoms with Crippen molar-refractivity contribution in [1.29, 1.82) is 0 Å². The molecule has 0 fully saturated rings. The highest BCUT2D eigenvalue weighted by Crippen LogP contribution is 2.21. The first-order valence-electron chi connectivity index (χ1n) is 10.5. The Kier molecular flexibility index (Phi) is 7.83. The molecule has 1 N–H and O–H groups in total. The fraction of sp³-hybridized carbons (Fsp3) is 0.348. The maximum Gasteiger partial charge on any atom is 0.242 e. The number of aryl methyl sites for hydroxylation is 1. The molecule has 0 aliphatic rings. The molecule has 0 saturated carbocycles. The van der Waals surface area contributed by atoms with Gasteiger partial charge in [0.1, 0.15) is 5.75 Å². The number of carbonyl (C=O) groups is 1. The number of hydrogen-bond acceptors (Lipinski definition) is 7. The lowest BCUT2D eigenvalue weighted by Gasteiger charge is -2.16. The van der Waals surface area contributed by atoms with Crippen LogP contribution in [-0.2, 0) is 21.2 Å². The molecule has 0 bridgehead atoms. The molecule has 1 unspecified atom stereocenters. The Morgan fingerprint density at radius 3 is 2.39 bits per heavy atom. The fourth-order valence-corrected chi connectivity index (χ4v) is 4.05. The van der Waals surface area contributed by atoms with Crippen molar-refractivity contribution >= 4 is 15.9 Å². The summed E-state index contributed by atoms with van der Waals surface area (Å²) in [5, 5.41) is 6.92. The summed E-state index contributed by atoms with van der Waals surface area (Å²) in [6.45, 7) is 1.85. The third-order valence-electron chi connectivity index (χ3n) is 5.15. The third kappa shape index (κ3) is 6.17. The predicted octanol–water partition coefficient (Wildman–Crippen LogP) is 3.20. The Labute approximate surface area is 193 Å². The first-order valence-corrected chi connectivity index (χ1v) is 11.9. The van der Waals surface area contributed by atoms with Crippen molar-refractivity contribution in [3.05, 3.63) is 60.0 Å². The van der Waals surface area contributed by atoms with Gasteiger partial charge in [0, 0.05) is 32.5 Å². The molecule has 9 nitrogen and oxygen atoms in total. The second-order valence-electron chi connectivity index (χ2n) is 7.74. The van der Waals surface area contributed by atoms with E-state index in [4.69, 9.17) is 9.26 Å². The van der Waals surface area contributed by atoms with E-state index in [1.54, 1.807) is 31.4 Å². The van der Waals surface area contributed by atoms with E-state index in [1.165, 1.54) is 14.1 Å². The molecule has 0 saturated heterocycles. The van der Waals surface area contributed by atoms with E-state index < -0.39 is 10.0 Å². The van der Waals surface area contributed by atoms with Gasteiger partial charge in [-0.25, -0.2) is 12.7 Å². The smallest absolute Gasteiger partial charge is 0.242 e. The second kappa shape index (κ2) is 10.6. The molecule has 0 aliphatic carbocycles. The van der Waals surface area contributed by atoms with Gasteiger partial charge in [-0.15, -0.1) is 0 Å². The number of amides is 1. The molecular formula is C23H28N4O5S. The van der Waals surface area contributed by atoms with Gasteiger partial charge in [-0.05, 0) is 55.3 Å². The van der Waals surface area contributed by atoms with E-state index in [1.807, 2.05) is 31.2 Å². The van der Waals surface area contributed by atoms with E-state index >= 15 is 0 Å². The van der Waals surface area contributed by atoms with Crippen molar-refractivity contribution in [2.75, 3.05) is 21.2 Å². The largest absolute Gasteiger partial charge is 0.497 e. The average molecular weight is 473 g/mol. The normalized spacial score (nSPS) is 12.5. The second-order valence-corrected chi connectivity index (χ2v) is 9.89. The summed E-state index contributed by atoms with van der Waals surface area (Å²) in [7, 11) is 1.10. The monoisotopic (exact) mass is 472 g/mol. The van der Waals surface area contributed by atoms with Gasteiger partial charge in [-0.3, -0.25) is 4.79 Å². The predicted molar refractivity (Wildman–Crippen MR) is 123 cm³/mol. The van der Waals surface area contributed by atoms with E-state index in [9.17, 15) is 13.2 Å². The number of carbonyl (C=O) groups excluding carboxylic acids is 1. The zero-order valence-electron chi connectivity index (χ0n) is 19.1.